The Morgan fingerprint density at radius 3 is 2.44 bits per heavy atom. The molecule has 0 spiro atoms. The molecular weight excluding hydrogens is 314 g/mol. The number of hydrogen-bond acceptors (Lipinski definition) is 2. The van der Waals surface area contributed by atoms with Crippen LogP contribution in [0.4, 0.5) is 16.2 Å². The summed E-state index contributed by atoms with van der Waals surface area (Å²) < 4.78 is 0. The molecule has 0 radical (unpaired) electrons. The van der Waals surface area contributed by atoms with Gasteiger partial charge in [0.2, 0.25) is 0 Å². The lowest BCUT2D eigenvalue weighted by Crippen LogP contribution is -2.37. The van der Waals surface area contributed by atoms with Gasteiger partial charge >= 0.3 is 6.03 Å². The Kier molecular flexibility index (Phi) is 5.03. The molecule has 2 aromatic carbocycles. The molecular formula is C20H23N3O2. The minimum atomic E-state index is -0.233. The van der Waals surface area contributed by atoms with Crippen molar-refractivity contribution in [3.8, 4) is 0 Å². The van der Waals surface area contributed by atoms with E-state index in [0.717, 1.165) is 11.3 Å². The molecule has 25 heavy (non-hydrogen) atoms. The number of rotatable bonds is 5. The maximum Gasteiger partial charge on any atom is 0.319 e. The quantitative estimate of drug-likeness (QED) is 0.766. The highest BCUT2D eigenvalue weighted by atomic mass is 16.2. The minimum absolute atomic E-state index is 0.171. The lowest BCUT2D eigenvalue weighted by Gasteiger charge is -2.15. The summed E-state index contributed by atoms with van der Waals surface area (Å²) in [7, 11) is 0. The third kappa shape index (κ3) is 4.59. The van der Waals surface area contributed by atoms with Crippen LogP contribution in [0.2, 0.25) is 0 Å². The highest BCUT2D eigenvalue weighted by Gasteiger charge is 2.28. The third-order valence-electron chi connectivity index (χ3n) is 4.47. The van der Waals surface area contributed by atoms with Crippen molar-refractivity contribution in [3.05, 3.63) is 59.7 Å². The molecule has 1 fully saturated rings. The van der Waals surface area contributed by atoms with Gasteiger partial charge in [-0.3, -0.25) is 4.79 Å². The van der Waals surface area contributed by atoms with Crippen molar-refractivity contribution in [2.24, 2.45) is 5.92 Å². The molecule has 1 unspecified atom stereocenters. The Labute approximate surface area is 147 Å². The van der Waals surface area contributed by atoms with E-state index < -0.39 is 0 Å². The molecule has 130 valence electrons. The minimum Gasteiger partial charge on any atom is -0.335 e. The van der Waals surface area contributed by atoms with E-state index in [1.165, 1.54) is 12.8 Å². The highest BCUT2D eigenvalue weighted by Crippen LogP contribution is 2.32. The van der Waals surface area contributed by atoms with Gasteiger partial charge in [-0.05, 0) is 62.4 Å². The van der Waals surface area contributed by atoms with Crippen LogP contribution in [0.25, 0.3) is 0 Å². The number of carbonyl (C=O) groups is 2. The van der Waals surface area contributed by atoms with Gasteiger partial charge in [-0.2, -0.15) is 0 Å². The van der Waals surface area contributed by atoms with Crippen molar-refractivity contribution in [1.82, 2.24) is 5.32 Å². The average Bonchev–Trinajstić information content (AvgIpc) is 3.42. The molecule has 1 atom stereocenters. The monoisotopic (exact) mass is 337 g/mol. The topological polar surface area (TPSA) is 70.2 Å². The number of para-hydroxylation sites is 1. The van der Waals surface area contributed by atoms with Crippen LogP contribution in [0.15, 0.2) is 48.5 Å². The molecule has 0 aromatic heterocycles. The fourth-order valence-corrected chi connectivity index (χ4v) is 2.70. The van der Waals surface area contributed by atoms with E-state index in [-0.39, 0.29) is 18.0 Å². The maximum atomic E-state index is 12.4. The Balaban J connectivity index is 1.67. The van der Waals surface area contributed by atoms with Gasteiger partial charge in [-0.1, -0.05) is 24.3 Å². The van der Waals surface area contributed by atoms with E-state index in [4.69, 9.17) is 0 Å². The third-order valence-corrected chi connectivity index (χ3v) is 4.47. The predicted octanol–water partition coefficient (Wildman–Crippen LogP) is 4.17. The zero-order valence-corrected chi connectivity index (χ0v) is 14.5. The summed E-state index contributed by atoms with van der Waals surface area (Å²) >= 11 is 0. The summed E-state index contributed by atoms with van der Waals surface area (Å²) in [5, 5.41) is 8.65. The normalized spacial score (nSPS) is 14.5. The number of anilines is 2. The zero-order valence-electron chi connectivity index (χ0n) is 14.5. The van der Waals surface area contributed by atoms with Crippen LogP contribution in [0.1, 0.15) is 35.7 Å². The number of hydrogen-bond donors (Lipinski definition) is 3. The first-order chi connectivity index (χ1) is 12.0. The van der Waals surface area contributed by atoms with Gasteiger partial charge in [0, 0.05) is 23.0 Å². The van der Waals surface area contributed by atoms with E-state index in [1.807, 2.05) is 50.2 Å². The first kappa shape index (κ1) is 17.0. The molecule has 0 heterocycles. The van der Waals surface area contributed by atoms with Crippen molar-refractivity contribution >= 4 is 23.3 Å². The van der Waals surface area contributed by atoms with Crippen LogP contribution in [0.5, 0.6) is 0 Å². The number of carbonyl (C=O) groups excluding carboxylic acids is 2. The van der Waals surface area contributed by atoms with E-state index in [0.29, 0.717) is 17.2 Å². The second kappa shape index (κ2) is 7.38. The largest absolute Gasteiger partial charge is 0.335 e. The standard InChI is InChI=1S/C20H23N3O2/c1-13-8-9-16(19(24)22-17-6-4-3-5-7-17)12-18(13)23-20(25)21-14(2)15-10-11-15/h3-9,12,14-15H,10-11H2,1-2H3,(H,22,24)(H2,21,23,25). The van der Waals surface area contributed by atoms with E-state index in [2.05, 4.69) is 16.0 Å². The Morgan fingerprint density at radius 1 is 1.04 bits per heavy atom. The molecule has 5 nitrogen and oxygen atoms in total. The fourth-order valence-electron chi connectivity index (χ4n) is 2.70. The summed E-state index contributed by atoms with van der Waals surface area (Å²) in [4.78, 5) is 24.6. The Morgan fingerprint density at radius 2 is 1.76 bits per heavy atom. The van der Waals surface area contributed by atoms with Crippen LogP contribution in [-0.2, 0) is 0 Å². The van der Waals surface area contributed by atoms with Gasteiger partial charge in [-0.15, -0.1) is 0 Å². The SMILES string of the molecule is Cc1ccc(C(=O)Nc2ccccc2)cc1NC(=O)NC(C)C1CC1. The summed E-state index contributed by atoms with van der Waals surface area (Å²) in [6, 6.07) is 14.5. The maximum absolute atomic E-state index is 12.4. The summed E-state index contributed by atoms with van der Waals surface area (Å²) in [6.07, 6.45) is 2.35. The van der Waals surface area contributed by atoms with Crippen molar-refractivity contribution in [2.45, 2.75) is 32.7 Å². The number of aryl methyl sites for hydroxylation is 1. The van der Waals surface area contributed by atoms with E-state index >= 15 is 0 Å². The van der Waals surface area contributed by atoms with Crippen LogP contribution < -0.4 is 16.0 Å². The van der Waals surface area contributed by atoms with Crippen LogP contribution in [0, 0.1) is 12.8 Å². The molecule has 2 aromatic rings. The summed E-state index contributed by atoms with van der Waals surface area (Å²) in [5.41, 5.74) is 2.78. The Hall–Kier alpha value is -2.82. The van der Waals surface area contributed by atoms with Gasteiger partial charge in [-0.25, -0.2) is 4.79 Å². The van der Waals surface area contributed by atoms with E-state index in [1.54, 1.807) is 12.1 Å². The number of urea groups is 1. The van der Waals surface area contributed by atoms with Gasteiger partial charge in [0.05, 0.1) is 0 Å². The molecule has 1 aliphatic rings. The molecule has 1 aliphatic carbocycles. The van der Waals surface area contributed by atoms with Crippen LogP contribution in [0.3, 0.4) is 0 Å². The number of nitrogens with one attached hydrogen (secondary N) is 3. The average molecular weight is 337 g/mol. The second-order valence-electron chi connectivity index (χ2n) is 6.57. The second-order valence-corrected chi connectivity index (χ2v) is 6.57. The van der Waals surface area contributed by atoms with Gasteiger partial charge in [0.15, 0.2) is 0 Å². The van der Waals surface area contributed by atoms with Crippen molar-refractivity contribution in [3.63, 3.8) is 0 Å². The molecule has 3 rings (SSSR count). The molecule has 0 bridgehead atoms. The van der Waals surface area contributed by atoms with Gasteiger partial charge in [0.1, 0.15) is 0 Å². The highest BCUT2D eigenvalue weighted by molar-refractivity contribution is 6.05. The summed E-state index contributed by atoms with van der Waals surface area (Å²) in [6.45, 7) is 3.92. The Bertz CT molecular complexity index is 770. The van der Waals surface area contributed by atoms with Crippen LogP contribution in [-0.4, -0.2) is 18.0 Å². The van der Waals surface area contributed by atoms with Crippen molar-refractivity contribution in [2.75, 3.05) is 10.6 Å². The molecule has 1 saturated carbocycles. The first-order valence-electron chi connectivity index (χ1n) is 8.57. The lowest BCUT2D eigenvalue weighted by molar-refractivity contribution is 0.102. The van der Waals surface area contributed by atoms with E-state index in [9.17, 15) is 9.59 Å². The molecule has 3 N–H and O–H groups in total. The number of amides is 3. The van der Waals surface area contributed by atoms with Crippen molar-refractivity contribution in [1.29, 1.82) is 0 Å². The van der Waals surface area contributed by atoms with Crippen LogP contribution >= 0.6 is 0 Å². The molecule has 5 heteroatoms. The van der Waals surface area contributed by atoms with Gasteiger partial charge in [0.25, 0.3) is 5.91 Å². The fraction of sp³-hybridized carbons (Fsp3) is 0.300. The number of benzene rings is 2. The first-order valence-corrected chi connectivity index (χ1v) is 8.57. The molecule has 0 saturated heterocycles. The van der Waals surface area contributed by atoms with Crippen molar-refractivity contribution < 1.29 is 9.59 Å². The smallest absolute Gasteiger partial charge is 0.319 e. The van der Waals surface area contributed by atoms with Gasteiger partial charge < -0.3 is 16.0 Å². The summed E-state index contributed by atoms with van der Waals surface area (Å²) in [5.74, 6) is 0.385. The predicted molar refractivity (Wildman–Crippen MR) is 99.9 cm³/mol. The zero-order chi connectivity index (χ0) is 17.8. The molecule has 0 aliphatic heterocycles. The lowest BCUT2D eigenvalue weighted by atomic mass is 10.1. The molecule has 3 amide bonds.